The molecular weight excluding hydrogens is 504 g/mol. The smallest absolute Gasteiger partial charge is 0.302 e. The summed E-state index contributed by atoms with van der Waals surface area (Å²) < 4.78 is 6.06. The zero-order chi connectivity index (χ0) is 29.6. The summed E-state index contributed by atoms with van der Waals surface area (Å²) >= 11 is 0. The number of nitrogens with one attached hydrogen (secondary N) is 1. The minimum atomic E-state index is -0.449. The molecule has 0 aromatic heterocycles. The number of carbonyl (C=O) groups excluding carboxylic acids is 3. The molecule has 0 radical (unpaired) electrons. The highest BCUT2D eigenvalue weighted by Gasteiger charge is 2.86. The van der Waals surface area contributed by atoms with E-state index in [1.807, 2.05) is 13.8 Å². The minimum absolute atomic E-state index is 0.0196. The summed E-state index contributed by atoms with van der Waals surface area (Å²) in [5.41, 5.74) is -1.29. The van der Waals surface area contributed by atoms with E-state index in [0.29, 0.717) is 12.2 Å². The number of aliphatic hydroxyl groups excluding tert-OH is 1. The topological polar surface area (TPSA) is 95.9 Å². The summed E-state index contributed by atoms with van der Waals surface area (Å²) in [6, 6.07) is 0.0956. The van der Waals surface area contributed by atoms with E-state index in [2.05, 4.69) is 52.0 Å². The van der Waals surface area contributed by atoms with E-state index in [1.54, 1.807) is 0 Å². The summed E-state index contributed by atoms with van der Waals surface area (Å²) in [5, 5.41) is 14.2. The summed E-state index contributed by atoms with van der Waals surface area (Å²) in [4.78, 5) is 42.1. The van der Waals surface area contributed by atoms with Crippen molar-refractivity contribution in [1.82, 2.24) is 10.2 Å². The van der Waals surface area contributed by atoms with Crippen LogP contribution < -0.4 is 5.32 Å². The number of ketones is 1. The molecule has 226 valence electrons. The van der Waals surface area contributed by atoms with Crippen LogP contribution in [0, 0.1) is 50.7 Å². The highest BCUT2D eigenvalue weighted by atomic mass is 16.5. The molecule has 0 heterocycles. The number of ether oxygens (including phenoxy) is 1. The Balaban J connectivity index is 1.51. The molecule has 0 aromatic rings. The molecule has 5 saturated carbocycles. The van der Waals surface area contributed by atoms with E-state index in [-0.39, 0.29) is 82.0 Å². The van der Waals surface area contributed by atoms with Crippen LogP contribution in [0.1, 0.15) is 99.8 Å². The van der Waals surface area contributed by atoms with Crippen LogP contribution in [0.15, 0.2) is 0 Å². The van der Waals surface area contributed by atoms with Crippen molar-refractivity contribution >= 4 is 17.7 Å². The summed E-state index contributed by atoms with van der Waals surface area (Å²) in [6.45, 7) is 14.6. The lowest BCUT2D eigenvalue weighted by molar-refractivity contribution is -0.173. The van der Waals surface area contributed by atoms with E-state index in [1.165, 1.54) is 6.92 Å². The van der Waals surface area contributed by atoms with Gasteiger partial charge in [0.25, 0.3) is 0 Å². The molecule has 5 rings (SSSR count). The molecule has 0 aliphatic heterocycles. The monoisotopic (exact) mass is 558 g/mol. The molecule has 7 heteroatoms. The van der Waals surface area contributed by atoms with Crippen molar-refractivity contribution in [3.8, 4) is 0 Å². The molecule has 5 fully saturated rings. The van der Waals surface area contributed by atoms with E-state index in [9.17, 15) is 19.5 Å². The maximum absolute atomic E-state index is 14.6. The SMILES string of the molecule is CC[C@H](C)C(=O)N[C@H]1CC[C@]23C[C@]24C(=O)C[C@]2(C)[C@@H]([C@H](C)N(C)C)[C@H](OC(C)=O)C[C@@]2(C)[C@@H]4CC[C@H]3[C@]1(C)CO. The van der Waals surface area contributed by atoms with Gasteiger partial charge in [-0.2, -0.15) is 0 Å². The first kappa shape index (κ1) is 30.0. The van der Waals surface area contributed by atoms with Gasteiger partial charge in [0.05, 0.1) is 6.61 Å². The average Bonchev–Trinajstić information content (AvgIpc) is 3.52. The first-order valence-corrected chi connectivity index (χ1v) is 15.9. The Morgan fingerprint density at radius 1 is 1.10 bits per heavy atom. The van der Waals surface area contributed by atoms with Gasteiger partial charge in [0.1, 0.15) is 11.9 Å². The van der Waals surface area contributed by atoms with Crippen LogP contribution in [0.25, 0.3) is 0 Å². The third kappa shape index (κ3) is 3.64. The normalized spacial score (nSPS) is 48.8. The first-order valence-electron chi connectivity index (χ1n) is 15.9. The van der Waals surface area contributed by atoms with Gasteiger partial charge in [0.15, 0.2) is 0 Å². The van der Waals surface area contributed by atoms with Crippen molar-refractivity contribution in [3.05, 3.63) is 0 Å². The molecule has 12 atom stereocenters. The van der Waals surface area contributed by atoms with Crippen LogP contribution in [0.5, 0.6) is 0 Å². The molecule has 0 unspecified atom stereocenters. The Hall–Kier alpha value is -1.47. The molecule has 5 aliphatic rings. The number of fused-ring (bicyclic) bond motifs is 2. The molecule has 0 bridgehead atoms. The molecule has 2 spiro atoms. The quantitative estimate of drug-likeness (QED) is 0.444. The number of hydrogen-bond donors (Lipinski definition) is 2. The third-order valence-corrected chi connectivity index (χ3v) is 14.1. The Bertz CT molecular complexity index is 1080. The van der Waals surface area contributed by atoms with Crippen LogP contribution in [-0.4, -0.2) is 66.6 Å². The highest BCUT2D eigenvalue weighted by molar-refractivity contribution is 5.92. The molecular formula is C33H54N2O5. The summed E-state index contributed by atoms with van der Waals surface area (Å²) in [5.74, 6) is 0.719. The maximum Gasteiger partial charge on any atom is 0.302 e. The standard InChI is InChI=1S/C33H54N2O5/c1-10-19(2)28(39)34-25-13-14-32-17-33(32)24(12-11-23(32)29(25,5)18-36)30(6)15-22(40-21(4)37)27(20(3)35(8)9)31(30,7)16-26(33)38/h19-20,22-25,27,36H,10-18H2,1-9H3,(H,34,39)/t19-,20-,22+,23-,24-,25-,27-,29-,30-,31+,32+,33-/m0/s1. The van der Waals surface area contributed by atoms with Crippen molar-refractivity contribution < 1.29 is 24.2 Å². The van der Waals surface area contributed by atoms with Crippen molar-refractivity contribution in [3.63, 3.8) is 0 Å². The zero-order valence-electron chi connectivity index (χ0n) is 26.4. The lowest BCUT2D eigenvalue weighted by Crippen LogP contribution is -2.64. The second kappa shape index (κ2) is 9.52. The van der Waals surface area contributed by atoms with Gasteiger partial charge in [-0.3, -0.25) is 14.4 Å². The Kier molecular flexibility index (Phi) is 7.14. The highest BCUT2D eigenvalue weighted by Crippen LogP contribution is 2.88. The lowest BCUT2D eigenvalue weighted by atomic mass is 9.41. The molecule has 1 amide bonds. The number of hydrogen-bond acceptors (Lipinski definition) is 6. The third-order valence-electron chi connectivity index (χ3n) is 14.1. The molecule has 2 N–H and O–H groups in total. The largest absolute Gasteiger partial charge is 0.462 e. The Morgan fingerprint density at radius 3 is 2.33 bits per heavy atom. The molecule has 0 aromatic carbocycles. The number of carbonyl (C=O) groups is 3. The fourth-order valence-electron chi connectivity index (χ4n) is 11.4. The van der Waals surface area contributed by atoms with Crippen LogP contribution in [-0.2, 0) is 19.1 Å². The van der Waals surface area contributed by atoms with E-state index >= 15 is 0 Å². The van der Waals surface area contributed by atoms with Gasteiger partial charge >= 0.3 is 5.97 Å². The number of rotatable bonds is 7. The summed E-state index contributed by atoms with van der Waals surface area (Å²) in [7, 11) is 4.16. The fourth-order valence-corrected chi connectivity index (χ4v) is 11.4. The van der Waals surface area contributed by atoms with Crippen molar-refractivity contribution in [2.45, 2.75) is 118 Å². The fraction of sp³-hybridized carbons (Fsp3) is 0.909. The predicted molar refractivity (Wildman–Crippen MR) is 154 cm³/mol. The van der Waals surface area contributed by atoms with E-state index in [4.69, 9.17) is 4.74 Å². The van der Waals surface area contributed by atoms with Gasteiger partial charge in [-0.1, -0.05) is 34.6 Å². The second-order valence-electron chi connectivity index (χ2n) is 15.6. The van der Waals surface area contributed by atoms with E-state index in [0.717, 1.165) is 44.9 Å². The van der Waals surface area contributed by atoms with Crippen LogP contribution in [0.3, 0.4) is 0 Å². The first-order chi connectivity index (χ1) is 18.6. The maximum atomic E-state index is 14.6. The van der Waals surface area contributed by atoms with Gasteiger partial charge in [0, 0.05) is 48.1 Å². The van der Waals surface area contributed by atoms with Gasteiger partial charge < -0.3 is 20.1 Å². The average molecular weight is 559 g/mol. The second-order valence-corrected chi connectivity index (χ2v) is 15.6. The Morgan fingerprint density at radius 2 is 1.75 bits per heavy atom. The number of esters is 1. The minimum Gasteiger partial charge on any atom is -0.462 e. The molecule has 7 nitrogen and oxygen atoms in total. The number of aliphatic hydroxyl groups is 1. The van der Waals surface area contributed by atoms with Gasteiger partial charge in [-0.25, -0.2) is 0 Å². The number of amides is 1. The van der Waals surface area contributed by atoms with Crippen molar-refractivity contribution in [2.75, 3.05) is 20.7 Å². The van der Waals surface area contributed by atoms with Crippen LogP contribution in [0.2, 0.25) is 0 Å². The van der Waals surface area contributed by atoms with Crippen LogP contribution in [0.4, 0.5) is 0 Å². The lowest BCUT2D eigenvalue weighted by Gasteiger charge is -2.62. The van der Waals surface area contributed by atoms with Gasteiger partial charge in [0.2, 0.25) is 5.91 Å². The molecule has 40 heavy (non-hydrogen) atoms. The molecule has 0 saturated heterocycles. The van der Waals surface area contributed by atoms with Gasteiger partial charge in [-0.05, 0) is 94.0 Å². The number of nitrogens with zero attached hydrogens (tertiary/aromatic N) is 1. The molecule has 5 aliphatic carbocycles. The van der Waals surface area contributed by atoms with E-state index < -0.39 is 5.41 Å². The van der Waals surface area contributed by atoms with Crippen molar-refractivity contribution in [2.24, 2.45) is 50.7 Å². The zero-order valence-corrected chi connectivity index (χ0v) is 26.4. The van der Waals surface area contributed by atoms with Crippen LogP contribution >= 0.6 is 0 Å². The van der Waals surface area contributed by atoms with Crippen molar-refractivity contribution in [1.29, 1.82) is 0 Å². The number of Topliss-reactive ketones (excluding diaryl/α,β-unsaturated/α-hetero) is 1. The summed E-state index contributed by atoms with van der Waals surface area (Å²) in [6.07, 6.45) is 6.48. The van der Waals surface area contributed by atoms with Gasteiger partial charge in [-0.15, -0.1) is 0 Å². The predicted octanol–water partition coefficient (Wildman–Crippen LogP) is 4.60. The Labute approximate surface area is 241 Å².